The molecule has 0 saturated heterocycles. The number of methoxy groups -OCH3 is 1. The molecule has 0 atom stereocenters. The van der Waals surface area contributed by atoms with Crippen molar-refractivity contribution in [1.82, 2.24) is 4.98 Å². The van der Waals surface area contributed by atoms with E-state index in [-0.39, 0.29) is 5.91 Å². The maximum atomic E-state index is 12.0. The first-order chi connectivity index (χ1) is 9.22. The number of hydrogen-bond acceptors (Lipinski definition) is 5. The molecule has 0 spiro atoms. The van der Waals surface area contributed by atoms with Crippen LogP contribution in [-0.2, 0) is 17.9 Å². The number of nitrogens with one attached hydrogen (secondary N) is 1. The summed E-state index contributed by atoms with van der Waals surface area (Å²) < 4.78 is 5.05. The molecule has 0 unspecified atom stereocenters. The molecule has 0 aliphatic heterocycles. The van der Waals surface area contributed by atoms with Crippen LogP contribution < -0.4 is 11.1 Å². The van der Waals surface area contributed by atoms with E-state index >= 15 is 0 Å². The highest BCUT2D eigenvalue weighted by molar-refractivity contribution is 7.09. The number of carbonyl (C=O) groups excluding carboxylic acids is 1. The van der Waals surface area contributed by atoms with Gasteiger partial charge in [0.15, 0.2) is 0 Å². The predicted molar refractivity (Wildman–Crippen MR) is 75.1 cm³/mol. The van der Waals surface area contributed by atoms with E-state index in [1.807, 2.05) is 24.3 Å². The van der Waals surface area contributed by atoms with Gasteiger partial charge in [-0.3, -0.25) is 4.79 Å². The Morgan fingerprint density at radius 2 is 2.37 bits per heavy atom. The number of anilines is 1. The van der Waals surface area contributed by atoms with Crippen LogP contribution in [0.25, 0.3) is 0 Å². The normalized spacial score (nSPS) is 10.4. The summed E-state index contributed by atoms with van der Waals surface area (Å²) in [5, 5.41) is 5.26. The second-order valence-corrected chi connectivity index (χ2v) is 4.86. The van der Waals surface area contributed by atoms with Crippen LogP contribution >= 0.6 is 11.3 Å². The van der Waals surface area contributed by atoms with Gasteiger partial charge in [-0.15, -0.1) is 11.3 Å². The number of aromatic nitrogens is 1. The standard InChI is InChI=1S/C13H15N3O2S/c1-18-7-9-3-2-4-10(5-9)15-13(17)11-8-19-12(6-14)16-11/h2-5,8H,6-7,14H2,1H3,(H,15,17). The zero-order valence-corrected chi connectivity index (χ0v) is 11.4. The van der Waals surface area contributed by atoms with Crippen molar-refractivity contribution in [2.45, 2.75) is 13.2 Å². The van der Waals surface area contributed by atoms with Gasteiger partial charge in [0.25, 0.3) is 5.91 Å². The summed E-state index contributed by atoms with van der Waals surface area (Å²) in [6, 6.07) is 7.51. The second-order valence-electron chi connectivity index (χ2n) is 3.92. The van der Waals surface area contributed by atoms with Gasteiger partial charge in [-0.05, 0) is 17.7 Å². The maximum absolute atomic E-state index is 12.0. The maximum Gasteiger partial charge on any atom is 0.275 e. The average molecular weight is 277 g/mol. The van der Waals surface area contributed by atoms with E-state index < -0.39 is 0 Å². The molecule has 0 fully saturated rings. The molecule has 1 heterocycles. The van der Waals surface area contributed by atoms with Crippen molar-refractivity contribution in [2.24, 2.45) is 5.73 Å². The predicted octanol–water partition coefficient (Wildman–Crippen LogP) is 2.00. The lowest BCUT2D eigenvalue weighted by Crippen LogP contribution is -2.12. The van der Waals surface area contributed by atoms with Gasteiger partial charge in [0.2, 0.25) is 0 Å². The molecule has 3 N–H and O–H groups in total. The summed E-state index contributed by atoms with van der Waals surface area (Å²) in [7, 11) is 1.63. The summed E-state index contributed by atoms with van der Waals surface area (Å²) in [5.41, 5.74) is 7.59. The Bertz CT molecular complexity index is 569. The Hall–Kier alpha value is -1.76. The summed E-state index contributed by atoms with van der Waals surface area (Å²) in [6.07, 6.45) is 0. The molecule has 6 heteroatoms. The number of nitrogens with two attached hydrogens (primary N) is 1. The van der Waals surface area contributed by atoms with E-state index in [1.54, 1.807) is 12.5 Å². The van der Waals surface area contributed by atoms with Crippen LogP contribution in [0, 0.1) is 0 Å². The van der Waals surface area contributed by atoms with Crippen molar-refractivity contribution in [3.63, 3.8) is 0 Å². The number of hydrogen-bond donors (Lipinski definition) is 2. The lowest BCUT2D eigenvalue weighted by Gasteiger charge is -2.05. The minimum absolute atomic E-state index is 0.231. The number of benzene rings is 1. The average Bonchev–Trinajstić information content (AvgIpc) is 2.88. The van der Waals surface area contributed by atoms with Gasteiger partial charge in [-0.1, -0.05) is 12.1 Å². The molecular weight excluding hydrogens is 262 g/mol. The number of nitrogens with zero attached hydrogens (tertiary/aromatic N) is 1. The topological polar surface area (TPSA) is 77.2 Å². The fraction of sp³-hybridized carbons (Fsp3) is 0.231. The molecule has 19 heavy (non-hydrogen) atoms. The first-order valence-electron chi connectivity index (χ1n) is 5.76. The van der Waals surface area contributed by atoms with E-state index in [9.17, 15) is 4.79 Å². The molecule has 2 aromatic rings. The first kappa shape index (κ1) is 13.7. The number of rotatable bonds is 5. The zero-order valence-electron chi connectivity index (χ0n) is 10.6. The van der Waals surface area contributed by atoms with Gasteiger partial charge in [0, 0.05) is 24.7 Å². The van der Waals surface area contributed by atoms with Gasteiger partial charge in [-0.25, -0.2) is 4.98 Å². The van der Waals surface area contributed by atoms with Crippen LogP contribution in [0.3, 0.4) is 0 Å². The lowest BCUT2D eigenvalue weighted by molar-refractivity contribution is 0.102. The summed E-state index contributed by atoms with van der Waals surface area (Å²) in [4.78, 5) is 16.1. The van der Waals surface area contributed by atoms with Crippen molar-refractivity contribution in [1.29, 1.82) is 0 Å². The lowest BCUT2D eigenvalue weighted by atomic mass is 10.2. The monoisotopic (exact) mass is 277 g/mol. The second kappa shape index (κ2) is 6.42. The van der Waals surface area contributed by atoms with Crippen molar-refractivity contribution in [2.75, 3.05) is 12.4 Å². The van der Waals surface area contributed by atoms with Crippen LogP contribution in [0.2, 0.25) is 0 Å². The largest absolute Gasteiger partial charge is 0.380 e. The van der Waals surface area contributed by atoms with E-state index in [0.717, 1.165) is 16.3 Å². The summed E-state index contributed by atoms with van der Waals surface area (Å²) in [6.45, 7) is 0.860. The minimum atomic E-state index is -0.231. The van der Waals surface area contributed by atoms with Crippen molar-refractivity contribution >= 4 is 22.9 Å². The smallest absolute Gasteiger partial charge is 0.275 e. The third-order valence-corrected chi connectivity index (χ3v) is 3.33. The third-order valence-electron chi connectivity index (χ3n) is 2.45. The van der Waals surface area contributed by atoms with Crippen LogP contribution in [0.15, 0.2) is 29.6 Å². The highest BCUT2D eigenvalue weighted by Gasteiger charge is 2.10. The molecule has 5 nitrogen and oxygen atoms in total. The molecule has 0 bridgehead atoms. The molecule has 2 rings (SSSR count). The van der Waals surface area contributed by atoms with Crippen molar-refractivity contribution in [3.8, 4) is 0 Å². The number of carbonyl (C=O) groups is 1. The van der Waals surface area contributed by atoms with Gasteiger partial charge in [0.05, 0.1) is 6.61 Å². The Kier molecular flexibility index (Phi) is 4.62. The fourth-order valence-electron chi connectivity index (χ4n) is 1.61. The van der Waals surface area contributed by atoms with Crippen LogP contribution in [0.1, 0.15) is 21.1 Å². The van der Waals surface area contributed by atoms with Crippen molar-refractivity contribution < 1.29 is 9.53 Å². The highest BCUT2D eigenvalue weighted by Crippen LogP contribution is 2.14. The molecule has 0 aliphatic carbocycles. The highest BCUT2D eigenvalue weighted by atomic mass is 32.1. The minimum Gasteiger partial charge on any atom is -0.380 e. The number of thiazole rings is 1. The molecule has 0 aliphatic rings. The molecule has 100 valence electrons. The van der Waals surface area contributed by atoms with E-state index in [2.05, 4.69) is 10.3 Å². The molecular formula is C13H15N3O2S. The van der Waals surface area contributed by atoms with Gasteiger partial charge in [-0.2, -0.15) is 0 Å². The van der Waals surface area contributed by atoms with Gasteiger partial charge >= 0.3 is 0 Å². The van der Waals surface area contributed by atoms with Gasteiger partial charge in [0.1, 0.15) is 10.7 Å². The molecule has 1 amide bonds. The summed E-state index contributed by atoms with van der Waals surface area (Å²) >= 11 is 1.38. The molecule has 1 aromatic heterocycles. The zero-order chi connectivity index (χ0) is 13.7. The van der Waals surface area contributed by atoms with E-state index in [4.69, 9.17) is 10.5 Å². The fourth-order valence-corrected chi connectivity index (χ4v) is 2.26. The quantitative estimate of drug-likeness (QED) is 0.876. The van der Waals surface area contributed by atoms with E-state index in [0.29, 0.717) is 18.8 Å². The van der Waals surface area contributed by atoms with E-state index in [1.165, 1.54) is 11.3 Å². The first-order valence-corrected chi connectivity index (χ1v) is 6.64. The van der Waals surface area contributed by atoms with Gasteiger partial charge < -0.3 is 15.8 Å². The Morgan fingerprint density at radius 3 is 3.05 bits per heavy atom. The summed E-state index contributed by atoms with van der Waals surface area (Å²) in [5.74, 6) is -0.231. The number of ether oxygens (including phenoxy) is 1. The molecule has 0 radical (unpaired) electrons. The molecule has 1 aromatic carbocycles. The third kappa shape index (κ3) is 3.60. The Labute approximate surface area is 115 Å². The Balaban J connectivity index is 2.07. The molecule has 0 saturated carbocycles. The number of amides is 1. The van der Waals surface area contributed by atoms with Crippen LogP contribution in [0.5, 0.6) is 0 Å². The van der Waals surface area contributed by atoms with Crippen molar-refractivity contribution in [3.05, 3.63) is 45.9 Å². The SMILES string of the molecule is COCc1cccc(NC(=O)c2csc(CN)n2)c1. The van der Waals surface area contributed by atoms with Crippen LogP contribution in [0.4, 0.5) is 5.69 Å². The van der Waals surface area contributed by atoms with Crippen LogP contribution in [-0.4, -0.2) is 18.0 Å². The Morgan fingerprint density at radius 1 is 1.53 bits per heavy atom.